The Kier molecular flexibility index (Phi) is 5.47. The third-order valence-corrected chi connectivity index (χ3v) is 6.10. The maximum absolute atomic E-state index is 13.2. The first-order chi connectivity index (χ1) is 15.3. The van der Waals surface area contributed by atoms with Crippen molar-refractivity contribution in [2.45, 2.75) is 12.8 Å². The van der Waals surface area contributed by atoms with Crippen LogP contribution >= 0.6 is 0 Å². The molecular weight excluding hydrogens is 392 g/mol. The molecule has 5 rings (SSSR count). The van der Waals surface area contributed by atoms with Crippen LogP contribution in [0.3, 0.4) is 0 Å². The van der Waals surface area contributed by atoms with Gasteiger partial charge in [0.2, 0.25) is 5.91 Å². The van der Waals surface area contributed by atoms with E-state index in [9.17, 15) is 4.79 Å². The fourth-order valence-electron chi connectivity index (χ4n) is 4.40. The fraction of sp³-hybridized carbons (Fsp3) is 0.409. The summed E-state index contributed by atoms with van der Waals surface area (Å²) in [6.07, 6.45) is 4.97. The Morgan fingerprint density at radius 1 is 0.871 bits per heavy atom. The second kappa shape index (κ2) is 8.71. The summed E-state index contributed by atoms with van der Waals surface area (Å²) in [6, 6.07) is 14.2. The highest BCUT2D eigenvalue weighted by atomic mass is 16.2. The molecule has 0 spiro atoms. The lowest BCUT2D eigenvalue weighted by Crippen LogP contribution is -2.52. The lowest BCUT2D eigenvalue weighted by Gasteiger charge is -2.40. The molecule has 9 nitrogen and oxygen atoms in total. The van der Waals surface area contributed by atoms with Crippen molar-refractivity contribution in [2.24, 2.45) is 5.92 Å². The molecule has 2 aliphatic heterocycles. The number of para-hydroxylation sites is 1. The van der Waals surface area contributed by atoms with Gasteiger partial charge in [-0.2, -0.15) is 5.10 Å². The quantitative estimate of drug-likeness (QED) is 0.637. The van der Waals surface area contributed by atoms with Crippen LogP contribution in [0.4, 0.5) is 11.5 Å². The van der Waals surface area contributed by atoms with Crippen molar-refractivity contribution in [3.63, 3.8) is 0 Å². The number of piperidine rings is 1. The maximum Gasteiger partial charge on any atom is 0.227 e. The predicted molar refractivity (Wildman–Crippen MR) is 117 cm³/mol. The van der Waals surface area contributed by atoms with Gasteiger partial charge in [-0.1, -0.05) is 18.2 Å². The molecule has 2 aliphatic rings. The largest absolute Gasteiger partial charge is 0.368 e. The molecule has 0 radical (unpaired) electrons. The van der Waals surface area contributed by atoms with Crippen LogP contribution < -0.4 is 9.80 Å². The van der Waals surface area contributed by atoms with Crippen molar-refractivity contribution in [3.05, 3.63) is 55.1 Å². The Morgan fingerprint density at radius 2 is 1.65 bits per heavy atom. The minimum atomic E-state index is 0.00816. The topological polar surface area (TPSA) is 83.3 Å². The fourth-order valence-corrected chi connectivity index (χ4v) is 4.40. The van der Waals surface area contributed by atoms with E-state index in [2.05, 4.69) is 54.3 Å². The molecule has 4 heterocycles. The second-order valence-electron chi connectivity index (χ2n) is 8.02. The van der Waals surface area contributed by atoms with E-state index >= 15 is 0 Å². The van der Waals surface area contributed by atoms with Crippen LogP contribution in [0.2, 0.25) is 0 Å². The molecule has 0 bridgehead atoms. The van der Waals surface area contributed by atoms with Crippen molar-refractivity contribution in [1.82, 2.24) is 29.9 Å². The van der Waals surface area contributed by atoms with Crippen LogP contribution in [0.5, 0.6) is 0 Å². The minimum Gasteiger partial charge on any atom is -0.368 e. The Bertz CT molecular complexity index is 984. The number of hydrogen-bond acceptors (Lipinski definition) is 7. The molecule has 3 aromatic rings. The first-order valence-corrected chi connectivity index (χ1v) is 10.8. The SMILES string of the molecule is O=C(C1CCCN(c2ccc(-n3cncn3)nn2)C1)N1CCN(c2ccccc2)CC1. The highest BCUT2D eigenvalue weighted by Gasteiger charge is 2.31. The number of nitrogens with zero attached hydrogens (tertiary/aromatic N) is 8. The van der Waals surface area contributed by atoms with Gasteiger partial charge in [0.25, 0.3) is 0 Å². The van der Waals surface area contributed by atoms with E-state index < -0.39 is 0 Å². The summed E-state index contributed by atoms with van der Waals surface area (Å²) in [7, 11) is 0. The molecule has 0 saturated carbocycles. The summed E-state index contributed by atoms with van der Waals surface area (Å²) in [5, 5.41) is 12.7. The first-order valence-electron chi connectivity index (χ1n) is 10.8. The lowest BCUT2D eigenvalue weighted by molar-refractivity contribution is -0.136. The number of carbonyl (C=O) groups excluding carboxylic acids is 1. The number of amides is 1. The van der Waals surface area contributed by atoms with Crippen molar-refractivity contribution < 1.29 is 4.79 Å². The van der Waals surface area contributed by atoms with Gasteiger partial charge in [0.15, 0.2) is 11.6 Å². The van der Waals surface area contributed by atoms with Crippen LogP contribution in [-0.2, 0) is 4.79 Å². The Morgan fingerprint density at radius 3 is 2.35 bits per heavy atom. The maximum atomic E-state index is 13.2. The average Bonchev–Trinajstić information content (AvgIpc) is 3.40. The van der Waals surface area contributed by atoms with Crippen LogP contribution in [0.25, 0.3) is 5.82 Å². The summed E-state index contributed by atoms with van der Waals surface area (Å²) >= 11 is 0. The van der Waals surface area contributed by atoms with E-state index in [0.29, 0.717) is 12.4 Å². The molecule has 1 aromatic carbocycles. The molecular formula is C22H26N8O. The molecule has 0 N–H and O–H groups in total. The van der Waals surface area contributed by atoms with Gasteiger partial charge in [-0.15, -0.1) is 10.2 Å². The number of rotatable bonds is 4. The van der Waals surface area contributed by atoms with Crippen molar-refractivity contribution >= 4 is 17.4 Å². The van der Waals surface area contributed by atoms with E-state index in [1.54, 1.807) is 11.0 Å². The van der Waals surface area contributed by atoms with Gasteiger partial charge in [-0.05, 0) is 37.1 Å². The van der Waals surface area contributed by atoms with E-state index in [0.717, 1.165) is 51.4 Å². The normalized spacial score (nSPS) is 19.5. The molecule has 1 amide bonds. The third-order valence-electron chi connectivity index (χ3n) is 6.10. The average molecular weight is 419 g/mol. The number of carbonyl (C=O) groups is 1. The predicted octanol–water partition coefficient (Wildman–Crippen LogP) is 1.62. The summed E-state index contributed by atoms with van der Waals surface area (Å²) in [5.74, 6) is 1.70. The number of piperazine rings is 1. The molecule has 2 aromatic heterocycles. The van der Waals surface area contributed by atoms with Crippen LogP contribution in [-0.4, -0.2) is 75.0 Å². The molecule has 1 unspecified atom stereocenters. The highest BCUT2D eigenvalue weighted by Crippen LogP contribution is 2.24. The molecule has 31 heavy (non-hydrogen) atoms. The van der Waals surface area contributed by atoms with Crippen molar-refractivity contribution in [3.8, 4) is 5.82 Å². The van der Waals surface area contributed by atoms with Gasteiger partial charge in [0.05, 0.1) is 5.92 Å². The van der Waals surface area contributed by atoms with Gasteiger partial charge < -0.3 is 14.7 Å². The van der Waals surface area contributed by atoms with Gasteiger partial charge >= 0.3 is 0 Å². The molecule has 9 heteroatoms. The van der Waals surface area contributed by atoms with Crippen molar-refractivity contribution in [2.75, 3.05) is 49.1 Å². The van der Waals surface area contributed by atoms with E-state index in [1.165, 1.54) is 12.0 Å². The Hall–Kier alpha value is -3.49. The zero-order valence-electron chi connectivity index (χ0n) is 17.4. The van der Waals surface area contributed by atoms with Gasteiger partial charge in [0, 0.05) is 45.0 Å². The van der Waals surface area contributed by atoms with Crippen molar-refractivity contribution in [1.29, 1.82) is 0 Å². The van der Waals surface area contributed by atoms with Crippen LogP contribution in [0.15, 0.2) is 55.1 Å². The lowest BCUT2D eigenvalue weighted by atomic mass is 9.96. The third kappa shape index (κ3) is 4.21. The standard InChI is InChI=1S/C22H26N8O/c31-22(28-13-11-27(12-14-28)19-6-2-1-3-7-19)18-5-4-10-29(15-18)20-8-9-21(26-25-20)30-17-23-16-24-30/h1-3,6-9,16-18H,4-5,10-15H2. The number of anilines is 2. The smallest absolute Gasteiger partial charge is 0.227 e. The molecule has 2 saturated heterocycles. The van der Waals surface area contributed by atoms with Crippen LogP contribution in [0.1, 0.15) is 12.8 Å². The molecule has 2 fully saturated rings. The monoisotopic (exact) mass is 418 g/mol. The number of benzene rings is 1. The summed E-state index contributed by atoms with van der Waals surface area (Å²) in [4.78, 5) is 23.7. The zero-order valence-corrected chi connectivity index (χ0v) is 17.4. The van der Waals surface area contributed by atoms with E-state index in [-0.39, 0.29) is 11.8 Å². The van der Waals surface area contributed by atoms with E-state index in [1.807, 2.05) is 23.1 Å². The van der Waals surface area contributed by atoms with Crippen LogP contribution in [0, 0.1) is 5.92 Å². The Balaban J connectivity index is 1.19. The number of hydrogen-bond donors (Lipinski definition) is 0. The molecule has 160 valence electrons. The summed E-state index contributed by atoms with van der Waals surface area (Å²) < 4.78 is 1.58. The Labute approximate surface area is 181 Å². The molecule has 1 atom stereocenters. The highest BCUT2D eigenvalue weighted by molar-refractivity contribution is 5.80. The molecule has 0 aliphatic carbocycles. The van der Waals surface area contributed by atoms with Gasteiger partial charge in [0.1, 0.15) is 12.7 Å². The summed E-state index contributed by atoms with van der Waals surface area (Å²) in [6.45, 7) is 4.88. The van der Waals surface area contributed by atoms with Gasteiger partial charge in [-0.25, -0.2) is 9.67 Å². The minimum absolute atomic E-state index is 0.00816. The first kappa shape index (κ1) is 19.5. The second-order valence-corrected chi connectivity index (χ2v) is 8.02. The van der Waals surface area contributed by atoms with E-state index in [4.69, 9.17) is 0 Å². The number of aromatic nitrogens is 5. The zero-order chi connectivity index (χ0) is 21.0. The van der Waals surface area contributed by atoms with Gasteiger partial charge in [-0.3, -0.25) is 4.79 Å². The summed E-state index contributed by atoms with van der Waals surface area (Å²) in [5.41, 5.74) is 1.23.